The van der Waals surface area contributed by atoms with Crippen LogP contribution in [0.2, 0.25) is 0 Å². The first-order valence-electron chi connectivity index (χ1n) is 6.72. The number of nitrogens with two attached hydrogens (primary N) is 1. The van der Waals surface area contributed by atoms with Crippen LogP contribution >= 0.6 is 0 Å². The standard InChI is InChI=1S/C14H21N3O2/c1-3-6-17-7-8-19-11(9-17)13(18)12-10(2)4-5-16-14(12)15/h4-5,11H,3,6-9H2,1-2H3,(H2,15,16). The van der Waals surface area contributed by atoms with E-state index in [2.05, 4.69) is 16.8 Å². The van der Waals surface area contributed by atoms with Gasteiger partial charge in [0.15, 0.2) is 5.78 Å². The SMILES string of the molecule is CCCN1CCOC(C(=O)c2c(C)ccnc2N)C1. The monoisotopic (exact) mass is 263 g/mol. The topological polar surface area (TPSA) is 68.5 Å². The lowest BCUT2D eigenvalue weighted by Crippen LogP contribution is -2.46. The number of aromatic nitrogens is 1. The molecule has 19 heavy (non-hydrogen) atoms. The third kappa shape index (κ3) is 3.11. The van der Waals surface area contributed by atoms with Gasteiger partial charge in [0.05, 0.1) is 12.2 Å². The molecular weight excluding hydrogens is 242 g/mol. The van der Waals surface area contributed by atoms with Crippen molar-refractivity contribution in [3.8, 4) is 0 Å². The Morgan fingerprint density at radius 2 is 2.42 bits per heavy atom. The van der Waals surface area contributed by atoms with E-state index in [-0.39, 0.29) is 5.78 Å². The number of carbonyl (C=O) groups excluding carboxylic acids is 1. The van der Waals surface area contributed by atoms with Gasteiger partial charge in [0.1, 0.15) is 11.9 Å². The summed E-state index contributed by atoms with van der Waals surface area (Å²) in [5, 5.41) is 0. The summed E-state index contributed by atoms with van der Waals surface area (Å²) in [6, 6.07) is 1.80. The van der Waals surface area contributed by atoms with Gasteiger partial charge in [-0.1, -0.05) is 6.92 Å². The van der Waals surface area contributed by atoms with E-state index in [1.807, 2.05) is 6.92 Å². The third-order valence-electron chi connectivity index (χ3n) is 3.42. The van der Waals surface area contributed by atoms with Crippen LogP contribution in [0.5, 0.6) is 0 Å². The Hall–Kier alpha value is -1.46. The Balaban J connectivity index is 2.15. The van der Waals surface area contributed by atoms with E-state index in [1.54, 1.807) is 12.3 Å². The van der Waals surface area contributed by atoms with Crippen LogP contribution in [0.1, 0.15) is 29.3 Å². The maximum atomic E-state index is 12.5. The smallest absolute Gasteiger partial charge is 0.196 e. The summed E-state index contributed by atoms with van der Waals surface area (Å²) in [5.74, 6) is 0.241. The molecule has 1 aliphatic heterocycles. The minimum Gasteiger partial charge on any atom is -0.383 e. The fourth-order valence-electron chi connectivity index (χ4n) is 2.44. The molecule has 0 aromatic carbocycles. The van der Waals surface area contributed by atoms with Crippen LogP contribution in [0.15, 0.2) is 12.3 Å². The number of rotatable bonds is 4. The minimum atomic E-state index is -0.425. The van der Waals surface area contributed by atoms with Crippen molar-refractivity contribution >= 4 is 11.6 Å². The fourth-order valence-corrected chi connectivity index (χ4v) is 2.44. The Bertz CT molecular complexity index is 440. The van der Waals surface area contributed by atoms with Crippen molar-refractivity contribution < 1.29 is 9.53 Å². The van der Waals surface area contributed by atoms with Gasteiger partial charge in [0.25, 0.3) is 0 Å². The van der Waals surface area contributed by atoms with Gasteiger partial charge in [-0.05, 0) is 31.5 Å². The van der Waals surface area contributed by atoms with Gasteiger partial charge in [-0.2, -0.15) is 0 Å². The Labute approximate surface area is 113 Å². The first-order chi connectivity index (χ1) is 9.13. The molecule has 0 amide bonds. The second-order valence-electron chi connectivity index (χ2n) is 4.91. The molecule has 0 spiro atoms. The van der Waals surface area contributed by atoms with Crippen LogP contribution in [0.25, 0.3) is 0 Å². The summed E-state index contributed by atoms with van der Waals surface area (Å²) in [5.41, 5.74) is 7.18. The van der Waals surface area contributed by atoms with Crippen LogP contribution in [-0.4, -0.2) is 48.0 Å². The predicted octanol–water partition coefficient (Wildman–Crippen LogP) is 1.27. The molecular formula is C14H21N3O2. The average molecular weight is 263 g/mol. The molecule has 0 aliphatic carbocycles. The van der Waals surface area contributed by atoms with Gasteiger partial charge in [0.2, 0.25) is 0 Å². The highest BCUT2D eigenvalue weighted by Gasteiger charge is 2.29. The molecule has 5 heteroatoms. The van der Waals surface area contributed by atoms with Gasteiger partial charge in [-0.25, -0.2) is 4.98 Å². The molecule has 0 saturated carbocycles. The highest BCUT2D eigenvalue weighted by atomic mass is 16.5. The Morgan fingerprint density at radius 3 is 3.11 bits per heavy atom. The summed E-state index contributed by atoms with van der Waals surface area (Å²) in [6.07, 6.45) is 2.27. The molecule has 2 heterocycles. The average Bonchev–Trinajstić information content (AvgIpc) is 2.39. The highest BCUT2D eigenvalue weighted by Crippen LogP contribution is 2.19. The summed E-state index contributed by atoms with van der Waals surface area (Å²) in [6.45, 7) is 7.12. The largest absolute Gasteiger partial charge is 0.383 e. The second-order valence-corrected chi connectivity index (χ2v) is 4.91. The number of ketones is 1. The van der Waals surface area contributed by atoms with Crippen molar-refractivity contribution in [2.24, 2.45) is 0 Å². The number of carbonyl (C=O) groups is 1. The fraction of sp³-hybridized carbons (Fsp3) is 0.571. The van der Waals surface area contributed by atoms with Gasteiger partial charge in [-0.15, -0.1) is 0 Å². The number of nitrogens with zero attached hydrogens (tertiary/aromatic N) is 2. The van der Waals surface area contributed by atoms with E-state index in [0.29, 0.717) is 24.5 Å². The van der Waals surface area contributed by atoms with Crippen molar-refractivity contribution in [1.29, 1.82) is 0 Å². The van der Waals surface area contributed by atoms with Crippen LogP contribution in [0, 0.1) is 6.92 Å². The molecule has 2 N–H and O–H groups in total. The van der Waals surface area contributed by atoms with Crippen LogP contribution < -0.4 is 5.73 Å². The van der Waals surface area contributed by atoms with E-state index < -0.39 is 6.10 Å². The molecule has 1 saturated heterocycles. The summed E-state index contributed by atoms with van der Waals surface area (Å²) in [7, 11) is 0. The summed E-state index contributed by atoms with van der Waals surface area (Å²) >= 11 is 0. The maximum absolute atomic E-state index is 12.5. The number of nitrogen functional groups attached to an aromatic ring is 1. The number of hydrogen-bond donors (Lipinski definition) is 1. The van der Waals surface area contributed by atoms with Crippen molar-refractivity contribution in [1.82, 2.24) is 9.88 Å². The van der Waals surface area contributed by atoms with Crippen LogP contribution in [0.4, 0.5) is 5.82 Å². The second kappa shape index (κ2) is 6.12. The molecule has 2 rings (SSSR count). The number of anilines is 1. The number of hydrogen-bond acceptors (Lipinski definition) is 5. The van der Waals surface area contributed by atoms with E-state index in [0.717, 1.165) is 25.1 Å². The maximum Gasteiger partial charge on any atom is 0.196 e. The zero-order valence-electron chi connectivity index (χ0n) is 11.6. The number of morpholine rings is 1. The molecule has 0 bridgehead atoms. The summed E-state index contributed by atoms with van der Waals surface area (Å²) in [4.78, 5) is 18.8. The first-order valence-corrected chi connectivity index (χ1v) is 6.72. The van der Waals surface area contributed by atoms with Gasteiger partial charge >= 0.3 is 0 Å². The minimum absolute atomic E-state index is 0.0519. The van der Waals surface area contributed by atoms with E-state index in [1.165, 1.54) is 0 Å². The van der Waals surface area contributed by atoms with E-state index >= 15 is 0 Å². The molecule has 1 aromatic rings. The van der Waals surface area contributed by atoms with Crippen molar-refractivity contribution in [2.75, 3.05) is 32.0 Å². The van der Waals surface area contributed by atoms with Gasteiger partial charge in [-0.3, -0.25) is 9.69 Å². The molecule has 5 nitrogen and oxygen atoms in total. The molecule has 1 atom stereocenters. The van der Waals surface area contributed by atoms with Crippen molar-refractivity contribution in [3.63, 3.8) is 0 Å². The van der Waals surface area contributed by atoms with Crippen molar-refractivity contribution in [3.05, 3.63) is 23.4 Å². The quantitative estimate of drug-likeness (QED) is 0.828. The number of ether oxygens (including phenoxy) is 1. The lowest BCUT2D eigenvalue weighted by atomic mass is 10.0. The van der Waals surface area contributed by atoms with E-state index in [4.69, 9.17) is 10.5 Å². The lowest BCUT2D eigenvalue weighted by Gasteiger charge is -2.32. The molecule has 0 radical (unpaired) electrons. The molecule has 1 aromatic heterocycles. The first kappa shape index (κ1) is 14.0. The number of pyridine rings is 1. The zero-order valence-corrected chi connectivity index (χ0v) is 11.6. The van der Waals surface area contributed by atoms with Crippen LogP contribution in [0.3, 0.4) is 0 Å². The zero-order chi connectivity index (χ0) is 13.8. The van der Waals surface area contributed by atoms with Crippen LogP contribution in [-0.2, 0) is 4.74 Å². The summed E-state index contributed by atoms with van der Waals surface area (Å²) < 4.78 is 5.61. The van der Waals surface area contributed by atoms with Gasteiger partial charge in [0, 0.05) is 19.3 Å². The van der Waals surface area contributed by atoms with E-state index in [9.17, 15) is 4.79 Å². The normalized spacial score (nSPS) is 20.4. The molecule has 1 unspecified atom stereocenters. The molecule has 1 aliphatic rings. The highest BCUT2D eigenvalue weighted by molar-refractivity contribution is 6.04. The number of Topliss-reactive ketones (excluding diaryl/α,β-unsaturated/α-hetero) is 1. The van der Waals surface area contributed by atoms with Gasteiger partial charge < -0.3 is 10.5 Å². The third-order valence-corrected chi connectivity index (χ3v) is 3.42. The Kier molecular flexibility index (Phi) is 4.50. The molecule has 1 fully saturated rings. The number of aryl methyl sites for hydroxylation is 1. The lowest BCUT2D eigenvalue weighted by molar-refractivity contribution is -0.0163. The van der Waals surface area contributed by atoms with Crippen molar-refractivity contribution in [2.45, 2.75) is 26.4 Å². The predicted molar refractivity (Wildman–Crippen MR) is 74.2 cm³/mol. The Morgan fingerprint density at radius 1 is 1.63 bits per heavy atom. The molecule has 104 valence electrons.